The van der Waals surface area contributed by atoms with Crippen LogP contribution in [0.5, 0.6) is 0 Å². The van der Waals surface area contributed by atoms with Gasteiger partial charge in [-0.25, -0.2) is 0 Å². The lowest BCUT2D eigenvalue weighted by atomic mass is 9.86. The number of benzene rings is 7. The molecule has 1 heteroatoms. The molecule has 0 fully saturated rings. The van der Waals surface area contributed by atoms with Gasteiger partial charge < -0.3 is 0 Å². The quantitative estimate of drug-likeness (QED) is 0.187. The highest BCUT2D eigenvalue weighted by molar-refractivity contribution is 6.37. The summed E-state index contributed by atoms with van der Waals surface area (Å²) in [7, 11) is 0. The first kappa shape index (κ1) is 19.5. The van der Waals surface area contributed by atoms with Crippen LogP contribution in [0.1, 0.15) is 15.9 Å². The fourth-order valence-electron chi connectivity index (χ4n) is 6.17. The van der Waals surface area contributed by atoms with Crippen LogP contribution in [0.25, 0.3) is 64.6 Å². The van der Waals surface area contributed by atoms with Crippen molar-refractivity contribution in [1.29, 1.82) is 0 Å². The third-order valence-electron chi connectivity index (χ3n) is 7.72. The number of carbonyl (C=O) groups excluding carboxylic acids is 1. The number of ketones is 1. The monoisotopic (exact) mass is 456 g/mol. The summed E-state index contributed by atoms with van der Waals surface area (Å²) in [5, 5.41) is 14.6. The average Bonchev–Trinajstić information content (AvgIpc) is 2.94. The number of carbonyl (C=O) groups is 1. The molecule has 166 valence electrons. The molecule has 0 aliphatic rings. The Bertz CT molecular complexity index is 2150. The normalized spacial score (nSPS) is 12.0. The van der Waals surface area contributed by atoms with Gasteiger partial charge in [0.05, 0.1) is 0 Å². The highest BCUT2D eigenvalue weighted by Gasteiger charge is 2.17. The molecule has 0 saturated heterocycles. The fourth-order valence-corrected chi connectivity index (χ4v) is 6.17. The van der Waals surface area contributed by atoms with Crippen LogP contribution in [0.15, 0.2) is 121 Å². The zero-order chi connectivity index (χ0) is 23.8. The minimum atomic E-state index is 0.0509. The number of hydrogen-bond donors (Lipinski definition) is 0. The van der Waals surface area contributed by atoms with Gasteiger partial charge in [0.15, 0.2) is 5.78 Å². The SMILES string of the molecule is O=C(c1ccccc1)c1cc2ccc3cccc4c5cccc6ccc7cccc(c(c1)c2c34)c7c65. The van der Waals surface area contributed by atoms with E-state index in [1.807, 2.05) is 30.3 Å². The molecule has 8 aromatic carbocycles. The summed E-state index contributed by atoms with van der Waals surface area (Å²) < 4.78 is 0. The molecule has 0 radical (unpaired) electrons. The van der Waals surface area contributed by atoms with Crippen molar-refractivity contribution >= 4 is 70.4 Å². The molecule has 0 N–H and O–H groups in total. The lowest BCUT2D eigenvalue weighted by molar-refractivity contribution is 0.103. The van der Waals surface area contributed by atoms with Crippen LogP contribution in [0.3, 0.4) is 0 Å². The summed E-state index contributed by atoms with van der Waals surface area (Å²) in [6.45, 7) is 0. The largest absolute Gasteiger partial charge is 0.289 e. The third kappa shape index (κ3) is 2.57. The van der Waals surface area contributed by atoms with Crippen molar-refractivity contribution in [1.82, 2.24) is 0 Å². The van der Waals surface area contributed by atoms with E-state index in [1.165, 1.54) is 53.9 Å². The Balaban J connectivity index is 1.70. The van der Waals surface area contributed by atoms with Crippen LogP contribution in [0.4, 0.5) is 0 Å². The maximum atomic E-state index is 13.6. The van der Waals surface area contributed by atoms with Crippen molar-refractivity contribution in [3.05, 3.63) is 132 Å². The molecule has 0 saturated carbocycles. The van der Waals surface area contributed by atoms with Crippen molar-refractivity contribution in [2.45, 2.75) is 0 Å². The molecule has 1 nitrogen and oxygen atoms in total. The van der Waals surface area contributed by atoms with Crippen LogP contribution in [0, 0.1) is 0 Å². The predicted molar refractivity (Wildman–Crippen MR) is 153 cm³/mol. The molecule has 8 aromatic rings. The average molecular weight is 457 g/mol. The molecule has 0 amide bonds. The van der Waals surface area contributed by atoms with Gasteiger partial charge in [0, 0.05) is 11.1 Å². The van der Waals surface area contributed by atoms with Gasteiger partial charge in [-0.2, -0.15) is 0 Å². The van der Waals surface area contributed by atoms with Crippen molar-refractivity contribution in [3.8, 4) is 0 Å². The van der Waals surface area contributed by atoms with E-state index in [-0.39, 0.29) is 5.78 Å². The number of rotatable bonds is 2. The topological polar surface area (TPSA) is 17.1 Å². The predicted octanol–water partition coefficient (Wildman–Crippen LogP) is 9.27. The van der Waals surface area contributed by atoms with E-state index in [1.54, 1.807) is 0 Å². The standard InChI is InChI=1S/C35H20O/c36-35(24-7-2-1-3-8-24)26-19-25-18-17-23-10-5-13-28-27-12-4-9-21-15-16-22-11-6-14-29(33(22)31(21)27)30(20-26)34(25)32(23)28/h1-20H. The molecule has 0 unspecified atom stereocenters. The fraction of sp³-hybridized carbons (Fsp3) is 0. The number of fused-ring (bicyclic) bond motifs is 2. The van der Waals surface area contributed by atoms with E-state index in [0.717, 1.165) is 16.3 Å². The van der Waals surface area contributed by atoms with E-state index in [4.69, 9.17) is 0 Å². The first-order valence-corrected chi connectivity index (χ1v) is 12.3. The Labute approximate surface area is 207 Å². The Kier molecular flexibility index (Phi) is 3.87. The van der Waals surface area contributed by atoms with Crippen LogP contribution >= 0.6 is 0 Å². The molecule has 0 heterocycles. The van der Waals surface area contributed by atoms with Gasteiger partial charge >= 0.3 is 0 Å². The summed E-state index contributed by atoms with van der Waals surface area (Å²) in [4.78, 5) is 13.6. The molecular formula is C35H20O. The Morgan fingerprint density at radius 3 is 1.39 bits per heavy atom. The van der Waals surface area contributed by atoms with Gasteiger partial charge in [-0.3, -0.25) is 4.79 Å². The van der Waals surface area contributed by atoms with E-state index in [9.17, 15) is 4.79 Å². The van der Waals surface area contributed by atoms with Crippen LogP contribution in [-0.4, -0.2) is 5.78 Å². The second-order valence-electron chi connectivity index (χ2n) is 9.66. The number of hydrogen-bond acceptors (Lipinski definition) is 1. The van der Waals surface area contributed by atoms with Crippen LogP contribution in [0.2, 0.25) is 0 Å². The van der Waals surface area contributed by atoms with Crippen LogP contribution < -0.4 is 0 Å². The zero-order valence-electron chi connectivity index (χ0n) is 19.5. The summed E-state index contributed by atoms with van der Waals surface area (Å²) in [5.41, 5.74) is 1.43. The highest BCUT2D eigenvalue weighted by atomic mass is 16.1. The van der Waals surface area contributed by atoms with Crippen molar-refractivity contribution < 1.29 is 4.79 Å². The molecular weight excluding hydrogens is 436 g/mol. The van der Waals surface area contributed by atoms with Crippen molar-refractivity contribution in [2.24, 2.45) is 0 Å². The first-order chi connectivity index (χ1) is 17.8. The van der Waals surface area contributed by atoms with Crippen molar-refractivity contribution in [2.75, 3.05) is 0 Å². The minimum absolute atomic E-state index is 0.0509. The third-order valence-corrected chi connectivity index (χ3v) is 7.72. The molecule has 0 aliphatic carbocycles. The van der Waals surface area contributed by atoms with E-state index in [0.29, 0.717) is 5.56 Å². The second kappa shape index (κ2) is 7.13. The molecule has 0 spiro atoms. The molecule has 0 bridgehead atoms. The van der Waals surface area contributed by atoms with E-state index in [2.05, 4.69) is 91.0 Å². The minimum Gasteiger partial charge on any atom is -0.289 e. The van der Waals surface area contributed by atoms with Crippen molar-refractivity contribution in [3.63, 3.8) is 0 Å². The first-order valence-electron chi connectivity index (χ1n) is 12.3. The molecule has 0 aliphatic heterocycles. The molecule has 36 heavy (non-hydrogen) atoms. The summed E-state index contributed by atoms with van der Waals surface area (Å²) >= 11 is 0. The van der Waals surface area contributed by atoms with Gasteiger partial charge in [0.25, 0.3) is 0 Å². The molecule has 0 atom stereocenters. The van der Waals surface area contributed by atoms with E-state index < -0.39 is 0 Å². The van der Waals surface area contributed by atoms with E-state index >= 15 is 0 Å². The maximum Gasteiger partial charge on any atom is 0.193 e. The van der Waals surface area contributed by atoms with Crippen LogP contribution in [-0.2, 0) is 0 Å². The van der Waals surface area contributed by atoms with Gasteiger partial charge in [-0.15, -0.1) is 0 Å². The smallest absolute Gasteiger partial charge is 0.193 e. The molecule has 0 aromatic heterocycles. The Morgan fingerprint density at radius 2 is 0.833 bits per heavy atom. The summed E-state index contributed by atoms with van der Waals surface area (Å²) in [6, 6.07) is 42.3. The van der Waals surface area contributed by atoms with Gasteiger partial charge in [0.1, 0.15) is 0 Å². The lowest BCUT2D eigenvalue weighted by Gasteiger charge is -2.16. The maximum absolute atomic E-state index is 13.6. The van der Waals surface area contributed by atoms with Gasteiger partial charge in [-0.1, -0.05) is 109 Å². The van der Waals surface area contributed by atoms with Gasteiger partial charge in [-0.05, 0) is 76.8 Å². The Hall–Kier alpha value is -4.75. The summed E-state index contributed by atoms with van der Waals surface area (Å²) in [5.74, 6) is 0.0509. The lowest BCUT2D eigenvalue weighted by Crippen LogP contribution is -2.01. The Morgan fingerprint density at radius 1 is 0.361 bits per heavy atom. The summed E-state index contributed by atoms with van der Waals surface area (Å²) in [6.07, 6.45) is 0. The molecule has 8 rings (SSSR count). The zero-order valence-corrected chi connectivity index (χ0v) is 19.5. The highest BCUT2D eigenvalue weighted by Crippen LogP contribution is 2.43. The van der Waals surface area contributed by atoms with Gasteiger partial charge in [0.2, 0.25) is 0 Å². The second-order valence-corrected chi connectivity index (χ2v) is 9.66.